The number of hydrogen-bond acceptors (Lipinski definition) is 4. The number of nitrogens with zero attached hydrogens (tertiary/aromatic N) is 1. The van der Waals surface area contributed by atoms with Crippen molar-refractivity contribution in [2.45, 2.75) is 44.6 Å². The van der Waals surface area contributed by atoms with Crippen LogP contribution in [0.4, 0.5) is 0 Å². The number of carbonyl (C=O) groups is 1. The maximum atomic E-state index is 11.3. The lowest BCUT2D eigenvalue weighted by molar-refractivity contribution is -0.144. The third-order valence-electron chi connectivity index (χ3n) is 4.74. The van der Waals surface area contributed by atoms with Gasteiger partial charge >= 0.3 is 5.97 Å². The van der Waals surface area contributed by atoms with Gasteiger partial charge in [-0.05, 0) is 31.7 Å². The van der Waals surface area contributed by atoms with Gasteiger partial charge in [-0.15, -0.1) is 0 Å². The van der Waals surface area contributed by atoms with Gasteiger partial charge in [0, 0.05) is 32.2 Å². The van der Waals surface area contributed by atoms with Crippen LogP contribution in [0.1, 0.15) is 38.5 Å². The van der Waals surface area contributed by atoms with Crippen molar-refractivity contribution < 1.29 is 9.90 Å². The van der Waals surface area contributed by atoms with Crippen LogP contribution in [0.2, 0.25) is 0 Å². The average Bonchev–Trinajstić information content (AvgIpc) is 2.46. The predicted molar refractivity (Wildman–Crippen MR) is 79.6 cm³/mol. The van der Waals surface area contributed by atoms with E-state index >= 15 is 0 Å². The summed E-state index contributed by atoms with van der Waals surface area (Å²) in [5, 5.41) is 12.9. The molecule has 1 saturated carbocycles. The van der Waals surface area contributed by atoms with Gasteiger partial charge in [0.15, 0.2) is 0 Å². The highest BCUT2D eigenvalue weighted by atomic mass is 16.4. The summed E-state index contributed by atoms with van der Waals surface area (Å²) in [6, 6.07) is 0.304. The highest BCUT2D eigenvalue weighted by Gasteiger charge is 2.31. The van der Waals surface area contributed by atoms with Gasteiger partial charge in [0.1, 0.15) is 0 Å². The van der Waals surface area contributed by atoms with Crippen molar-refractivity contribution in [3.8, 4) is 0 Å². The SMILES string of the molecule is NCCN1CC(NCC2CCCCC2)CC(C(=O)O)C1. The lowest BCUT2D eigenvalue weighted by Gasteiger charge is -2.37. The molecule has 5 heteroatoms. The zero-order valence-corrected chi connectivity index (χ0v) is 12.4. The minimum absolute atomic E-state index is 0.251. The minimum atomic E-state index is -0.670. The lowest BCUT2D eigenvalue weighted by atomic mass is 9.88. The Labute approximate surface area is 121 Å². The molecule has 2 aliphatic rings. The van der Waals surface area contributed by atoms with E-state index in [1.165, 1.54) is 32.1 Å². The first-order chi connectivity index (χ1) is 9.69. The molecule has 1 aliphatic heterocycles. The highest BCUT2D eigenvalue weighted by Crippen LogP contribution is 2.24. The zero-order chi connectivity index (χ0) is 14.4. The van der Waals surface area contributed by atoms with Gasteiger partial charge in [-0.1, -0.05) is 19.3 Å². The molecule has 4 N–H and O–H groups in total. The third-order valence-corrected chi connectivity index (χ3v) is 4.74. The smallest absolute Gasteiger partial charge is 0.307 e. The number of piperidine rings is 1. The number of hydrogen-bond donors (Lipinski definition) is 3. The molecular weight excluding hydrogens is 254 g/mol. The monoisotopic (exact) mass is 283 g/mol. The summed E-state index contributed by atoms with van der Waals surface area (Å²) in [6.45, 7) is 4.03. The molecule has 1 heterocycles. The maximum absolute atomic E-state index is 11.3. The fourth-order valence-electron chi connectivity index (χ4n) is 3.61. The highest BCUT2D eigenvalue weighted by molar-refractivity contribution is 5.70. The average molecular weight is 283 g/mol. The van der Waals surface area contributed by atoms with E-state index in [9.17, 15) is 9.90 Å². The third kappa shape index (κ3) is 4.72. The maximum Gasteiger partial charge on any atom is 0.307 e. The fraction of sp³-hybridized carbons (Fsp3) is 0.933. The van der Waals surface area contributed by atoms with Crippen LogP contribution in [0, 0.1) is 11.8 Å². The number of nitrogens with one attached hydrogen (secondary N) is 1. The van der Waals surface area contributed by atoms with Crippen molar-refractivity contribution in [1.82, 2.24) is 10.2 Å². The Morgan fingerprint density at radius 1 is 1.25 bits per heavy atom. The molecule has 0 bridgehead atoms. The first-order valence-corrected chi connectivity index (χ1v) is 8.07. The Bertz CT molecular complexity index is 305. The number of carboxylic acid groups (broad SMARTS) is 1. The molecule has 5 nitrogen and oxygen atoms in total. The van der Waals surface area contributed by atoms with Crippen molar-refractivity contribution >= 4 is 5.97 Å². The largest absolute Gasteiger partial charge is 0.481 e. The molecule has 0 amide bonds. The topological polar surface area (TPSA) is 78.6 Å². The summed E-state index contributed by atoms with van der Waals surface area (Å²) in [6.07, 6.45) is 7.50. The first-order valence-electron chi connectivity index (χ1n) is 8.07. The van der Waals surface area contributed by atoms with Crippen LogP contribution in [0.3, 0.4) is 0 Å². The van der Waals surface area contributed by atoms with Gasteiger partial charge in [-0.3, -0.25) is 9.69 Å². The number of rotatable bonds is 6. The molecule has 1 saturated heterocycles. The molecule has 0 aromatic heterocycles. The molecule has 20 heavy (non-hydrogen) atoms. The number of carboxylic acids is 1. The fourth-order valence-corrected chi connectivity index (χ4v) is 3.61. The van der Waals surface area contributed by atoms with Gasteiger partial charge in [-0.25, -0.2) is 0 Å². The molecule has 2 atom stereocenters. The van der Waals surface area contributed by atoms with Crippen LogP contribution in [-0.4, -0.2) is 54.7 Å². The first kappa shape index (κ1) is 15.7. The van der Waals surface area contributed by atoms with Gasteiger partial charge < -0.3 is 16.2 Å². The summed E-state index contributed by atoms with van der Waals surface area (Å²) < 4.78 is 0. The van der Waals surface area contributed by atoms with Gasteiger partial charge in [0.25, 0.3) is 0 Å². The lowest BCUT2D eigenvalue weighted by Crippen LogP contribution is -2.52. The van der Waals surface area contributed by atoms with E-state index in [2.05, 4.69) is 10.2 Å². The van der Waals surface area contributed by atoms with Crippen LogP contribution < -0.4 is 11.1 Å². The quantitative estimate of drug-likeness (QED) is 0.675. The van der Waals surface area contributed by atoms with Crippen LogP contribution >= 0.6 is 0 Å². The second-order valence-electron chi connectivity index (χ2n) is 6.43. The predicted octanol–water partition coefficient (Wildman–Crippen LogP) is 0.890. The van der Waals surface area contributed by atoms with E-state index in [4.69, 9.17) is 5.73 Å². The van der Waals surface area contributed by atoms with Crippen molar-refractivity contribution in [2.75, 3.05) is 32.7 Å². The van der Waals surface area contributed by atoms with E-state index in [0.29, 0.717) is 19.1 Å². The van der Waals surface area contributed by atoms with E-state index in [0.717, 1.165) is 32.0 Å². The van der Waals surface area contributed by atoms with E-state index in [-0.39, 0.29) is 5.92 Å². The Morgan fingerprint density at radius 3 is 2.65 bits per heavy atom. The Balaban J connectivity index is 1.80. The molecule has 0 aromatic carbocycles. The second kappa shape index (κ2) is 7.96. The van der Waals surface area contributed by atoms with Gasteiger partial charge in [0.2, 0.25) is 0 Å². The van der Waals surface area contributed by atoms with Crippen molar-refractivity contribution in [3.05, 3.63) is 0 Å². The zero-order valence-electron chi connectivity index (χ0n) is 12.4. The molecule has 1 aliphatic carbocycles. The molecule has 0 spiro atoms. The number of aliphatic carboxylic acids is 1. The van der Waals surface area contributed by atoms with Crippen LogP contribution in [0.5, 0.6) is 0 Å². The van der Waals surface area contributed by atoms with Crippen LogP contribution in [0.15, 0.2) is 0 Å². The molecule has 2 fully saturated rings. The van der Waals surface area contributed by atoms with E-state index < -0.39 is 5.97 Å². The second-order valence-corrected chi connectivity index (χ2v) is 6.43. The van der Waals surface area contributed by atoms with E-state index in [1.807, 2.05) is 0 Å². The van der Waals surface area contributed by atoms with Gasteiger partial charge in [0.05, 0.1) is 5.92 Å². The summed E-state index contributed by atoms with van der Waals surface area (Å²) in [7, 11) is 0. The van der Waals surface area contributed by atoms with Crippen LogP contribution in [-0.2, 0) is 4.79 Å². The van der Waals surface area contributed by atoms with Crippen molar-refractivity contribution in [1.29, 1.82) is 0 Å². The number of nitrogens with two attached hydrogens (primary N) is 1. The van der Waals surface area contributed by atoms with Crippen molar-refractivity contribution in [3.63, 3.8) is 0 Å². The Kier molecular flexibility index (Phi) is 6.26. The standard InChI is InChI=1S/C15H29N3O2/c16-6-7-18-10-13(15(19)20)8-14(11-18)17-9-12-4-2-1-3-5-12/h12-14,17H,1-11,16H2,(H,19,20). The molecule has 2 rings (SSSR count). The summed E-state index contributed by atoms with van der Waals surface area (Å²) in [5.41, 5.74) is 5.61. The number of likely N-dealkylation sites (tertiary alicyclic amines) is 1. The molecular formula is C15H29N3O2. The molecule has 116 valence electrons. The molecule has 0 radical (unpaired) electrons. The summed E-state index contributed by atoms with van der Waals surface area (Å²) >= 11 is 0. The van der Waals surface area contributed by atoms with E-state index in [1.54, 1.807) is 0 Å². The van der Waals surface area contributed by atoms with Crippen molar-refractivity contribution in [2.24, 2.45) is 17.6 Å². The Hall–Kier alpha value is -0.650. The molecule has 0 aromatic rings. The molecule has 2 unspecified atom stereocenters. The summed E-state index contributed by atoms with van der Waals surface area (Å²) in [4.78, 5) is 13.5. The van der Waals surface area contributed by atoms with Gasteiger partial charge in [-0.2, -0.15) is 0 Å². The normalized spacial score (nSPS) is 29.4. The minimum Gasteiger partial charge on any atom is -0.481 e. The Morgan fingerprint density at radius 2 is 2.00 bits per heavy atom. The summed E-state index contributed by atoms with van der Waals surface area (Å²) in [5.74, 6) is -0.132. The van der Waals surface area contributed by atoms with Crippen LogP contribution in [0.25, 0.3) is 0 Å².